The van der Waals surface area contributed by atoms with Crippen LogP contribution in [-0.4, -0.2) is 24.2 Å². The van der Waals surface area contributed by atoms with Gasteiger partial charge in [-0.2, -0.15) is 5.26 Å². The van der Waals surface area contributed by atoms with Gasteiger partial charge in [0.25, 0.3) is 5.91 Å². The first-order valence-corrected chi connectivity index (χ1v) is 10.7. The summed E-state index contributed by atoms with van der Waals surface area (Å²) in [5.74, 6) is -0.631. The van der Waals surface area contributed by atoms with Gasteiger partial charge in [-0.25, -0.2) is 4.79 Å². The molecule has 0 saturated heterocycles. The summed E-state index contributed by atoms with van der Waals surface area (Å²) < 4.78 is 11.1. The largest absolute Gasteiger partial charge is 0.497 e. The van der Waals surface area contributed by atoms with Crippen LogP contribution in [0.15, 0.2) is 63.9 Å². The number of nitrogens with one attached hydrogen (secondary N) is 3. The molecule has 11 heteroatoms. The molecule has 0 spiro atoms. The van der Waals surface area contributed by atoms with E-state index in [0.29, 0.717) is 22.7 Å². The number of rotatable bonds is 6. The lowest BCUT2D eigenvalue weighted by molar-refractivity contribution is -0.672. The number of carbonyl (C=O) groups is 2. The summed E-state index contributed by atoms with van der Waals surface area (Å²) in [5.41, 5.74) is 0.350. The second kappa shape index (κ2) is 9.43. The van der Waals surface area contributed by atoms with E-state index in [2.05, 4.69) is 15.9 Å². The number of H-pyrrole nitrogens is 1. The number of anilines is 2. The first-order valence-electron chi connectivity index (χ1n) is 9.92. The zero-order chi connectivity index (χ0) is 24.2. The fourth-order valence-corrected chi connectivity index (χ4v) is 4.25. The third kappa shape index (κ3) is 4.30. The van der Waals surface area contributed by atoms with Gasteiger partial charge in [-0.15, -0.1) is 11.3 Å². The summed E-state index contributed by atoms with van der Waals surface area (Å²) in [6, 6.07) is 17.4. The summed E-state index contributed by atoms with van der Waals surface area (Å²) in [5, 5.41) is 17.5. The van der Waals surface area contributed by atoms with Gasteiger partial charge in [-0.05, 0) is 46.7 Å². The Morgan fingerprint density at radius 1 is 1.09 bits per heavy atom. The minimum absolute atomic E-state index is 0.132. The molecule has 4 aromatic rings. The highest BCUT2D eigenvalue weighted by atomic mass is 32.1. The van der Waals surface area contributed by atoms with Crippen LogP contribution in [0.4, 0.5) is 10.7 Å². The predicted octanol–water partition coefficient (Wildman–Crippen LogP) is 3.00. The van der Waals surface area contributed by atoms with Gasteiger partial charge in [-0.1, -0.05) is 18.2 Å². The summed E-state index contributed by atoms with van der Waals surface area (Å²) >= 11 is 0.941. The molecule has 0 aliphatic rings. The molecule has 4 rings (SSSR count). The van der Waals surface area contributed by atoms with Gasteiger partial charge >= 0.3 is 17.2 Å². The highest BCUT2D eigenvalue weighted by Gasteiger charge is 2.32. The molecule has 0 unspecified atom stereocenters. The number of carbonyl (C=O) groups excluding carboxylic acids is 2. The Morgan fingerprint density at radius 3 is 2.44 bits per heavy atom. The molecule has 0 atom stereocenters. The second-order valence-corrected chi connectivity index (χ2v) is 8.03. The normalized spacial score (nSPS) is 10.4. The van der Waals surface area contributed by atoms with Crippen LogP contribution in [0.3, 0.4) is 0 Å². The van der Waals surface area contributed by atoms with Crippen LogP contribution in [0.5, 0.6) is 5.75 Å². The van der Waals surface area contributed by atoms with E-state index in [1.54, 1.807) is 55.5 Å². The molecule has 0 aliphatic heterocycles. The number of nitriles is 1. The summed E-state index contributed by atoms with van der Waals surface area (Å²) in [6.07, 6.45) is 0. The number of aromatic nitrogens is 2. The van der Waals surface area contributed by atoms with E-state index >= 15 is 0 Å². The van der Waals surface area contributed by atoms with E-state index in [9.17, 15) is 19.6 Å². The van der Waals surface area contributed by atoms with Gasteiger partial charge in [0.1, 0.15) is 16.8 Å². The highest BCUT2D eigenvalue weighted by molar-refractivity contribution is 7.18. The van der Waals surface area contributed by atoms with Crippen molar-refractivity contribution in [2.75, 3.05) is 17.7 Å². The number of para-hydroxylation sites is 1. The van der Waals surface area contributed by atoms with E-state index in [-0.39, 0.29) is 21.1 Å². The van der Waals surface area contributed by atoms with Crippen LogP contribution in [0.2, 0.25) is 0 Å². The fraction of sp³-hybridized carbons (Fsp3) is 0.0870. The molecule has 2 aromatic carbocycles. The maximum absolute atomic E-state index is 13.0. The van der Waals surface area contributed by atoms with Crippen LogP contribution >= 0.6 is 11.3 Å². The SMILES string of the molecule is COc1ccc(-[n+]2[nH]oc(=O)c2C(=O)Nc2sc(C(=O)Nc3ccccc3)c(C)c2C#N)cc1. The smallest absolute Gasteiger partial charge is 0.441 e. The standard InChI is InChI=1S/C23H17N5O5S/c1-13-17(12-24)22(34-19(13)21(30)25-14-6-4-3-5-7-14)26-20(29)18-23(31)33-27-28(18)15-8-10-16(32-2)11-9-15/h3-11H,1-2H3,(H2-,25,26,27,29,30,31)/p+1. The maximum Gasteiger partial charge on any atom is 0.441 e. The first-order chi connectivity index (χ1) is 16.4. The Labute approximate surface area is 197 Å². The molecular weight excluding hydrogens is 458 g/mol. The lowest BCUT2D eigenvalue weighted by Crippen LogP contribution is -2.42. The summed E-state index contributed by atoms with van der Waals surface area (Å²) in [4.78, 5) is 38.3. The van der Waals surface area contributed by atoms with Crippen molar-refractivity contribution in [1.29, 1.82) is 5.26 Å². The van der Waals surface area contributed by atoms with Crippen LogP contribution in [0.25, 0.3) is 5.69 Å². The van der Waals surface area contributed by atoms with E-state index in [1.165, 1.54) is 11.8 Å². The van der Waals surface area contributed by atoms with Crippen LogP contribution in [-0.2, 0) is 0 Å². The Hall–Kier alpha value is -4.69. The van der Waals surface area contributed by atoms with Gasteiger partial charge in [0.15, 0.2) is 0 Å². The first kappa shape index (κ1) is 22.5. The second-order valence-electron chi connectivity index (χ2n) is 7.01. The lowest BCUT2D eigenvalue weighted by atomic mass is 10.1. The average Bonchev–Trinajstić information content (AvgIpc) is 3.39. The third-order valence-electron chi connectivity index (χ3n) is 4.92. The van der Waals surface area contributed by atoms with E-state index in [1.807, 2.05) is 12.1 Å². The molecular formula is C23H18N5O5S+. The van der Waals surface area contributed by atoms with Crippen LogP contribution in [0.1, 0.15) is 31.3 Å². The van der Waals surface area contributed by atoms with Crippen LogP contribution in [0, 0.1) is 18.3 Å². The van der Waals surface area contributed by atoms with Gasteiger partial charge < -0.3 is 15.4 Å². The molecule has 2 amide bonds. The van der Waals surface area contributed by atoms with Crippen LogP contribution < -0.4 is 25.7 Å². The van der Waals surface area contributed by atoms with E-state index < -0.39 is 17.4 Å². The number of hydrogen-bond acceptors (Lipinski definition) is 7. The van der Waals surface area contributed by atoms with Crippen molar-refractivity contribution in [3.05, 3.63) is 86.7 Å². The number of benzene rings is 2. The number of aromatic amines is 1. The van der Waals surface area contributed by atoms with E-state index in [4.69, 9.17) is 9.26 Å². The fourth-order valence-electron chi connectivity index (χ4n) is 3.20. The Bertz CT molecular complexity index is 1460. The number of methoxy groups -OCH3 is 1. The molecule has 0 saturated carbocycles. The van der Waals surface area contributed by atoms with Gasteiger partial charge in [0, 0.05) is 17.8 Å². The minimum Gasteiger partial charge on any atom is -0.497 e. The Kier molecular flexibility index (Phi) is 6.24. The molecule has 3 N–H and O–H groups in total. The predicted molar refractivity (Wildman–Crippen MR) is 124 cm³/mol. The third-order valence-corrected chi connectivity index (χ3v) is 6.12. The summed E-state index contributed by atoms with van der Waals surface area (Å²) in [6.45, 7) is 1.62. The van der Waals surface area contributed by atoms with Crippen molar-refractivity contribution in [2.45, 2.75) is 6.92 Å². The van der Waals surface area contributed by atoms with Crippen molar-refractivity contribution in [3.63, 3.8) is 0 Å². The van der Waals surface area contributed by atoms with Crippen molar-refractivity contribution >= 4 is 33.8 Å². The van der Waals surface area contributed by atoms with E-state index in [0.717, 1.165) is 11.3 Å². The molecule has 0 bridgehead atoms. The molecule has 0 aliphatic carbocycles. The zero-order valence-corrected chi connectivity index (χ0v) is 18.9. The molecule has 170 valence electrons. The molecule has 34 heavy (non-hydrogen) atoms. The molecule has 2 aromatic heterocycles. The highest BCUT2D eigenvalue weighted by Crippen LogP contribution is 2.33. The van der Waals surface area contributed by atoms with Crippen molar-refractivity contribution in [2.24, 2.45) is 0 Å². The minimum atomic E-state index is -0.901. The number of ether oxygens (including phenoxy) is 1. The van der Waals surface area contributed by atoms with Crippen molar-refractivity contribution in [3.8, 4) is 17.5 Å². The molecule has 0 fully saturated rings. The average molecular weight is 476 g/mol. The number of hydrogen-bond donors (Lipinski definition) is 3. The number of amides is 2. The monoisotopic (exact) mass is 476 g/mol. The zero-order valence-electron chi connectivity index (χ0n) is 18.0. The number of nitrogens with zero attached hydrogens (tertiary/aromatic N) is 2. The Morgan fingerprint density at radius 2 is 1.79 bits per heavy atom. The topological polar surface area (TPSA) is 141 Å². The molecule has 2 heterocycles. The quantitative estimate of drug-likeness (QED) is 0.365. The molecule has 0 radical (unpaired) electrons. The Balaban J connectivity index is 1.63. The van der Waals surface area contributed by atoms with Gasteiger partial charge in [0.2, 0.25) is 5.69 Å². The van der Waals surface area contributed by atoms with Gasteiger partial charge in [-0.3, -0.25) is 14.1 Å². The van der Waals surface area contributed by atoms with Crippen molar-refractivity contribution < 1.29 is 23.5 Å². The summed E-state index contributed by atoms with van der Waals surface area (Å²) in [7, 11) is 1.52. The van der Waals surface area contributed by atoms with Gasteiger partial charge in [0.05, 0.1) is 17.6 Å². The lowest BCUT2D eigenvalue weighted by Gasteiger charge is -2.03. The maximum atomic E-state index is 13.0. The number of thiophene rings is 1. The van der Waals surface area contributed by atoms with Crippen molar-refractivity contribution in [1.82, 2.24) is 5.27 Å². The molecule has 10 nitrogen and oxygen atoms in total.